The molecule has 0 saturated carbocycles. The molecule has 0 bridgehead atoms. The van der Waals surface area contributed by atoms with Crippen LogP contribution in [-0.4, -0.2) is 25.0 Å². The van der Waals surface area contributed by atoms with Crippen LogP contribution in [0.15, 0.2) is 15.9 Å². The van der Waals surface area contributed by atoms with Crippen molar-refractivity contribution in [3.8, 4) is 0 Å². The number of halogens is 2. The summed E-state index contributed by atoms with van der Waals surface area (Å²) in [7, 11) is 0. The molecule has 1 aliphatic rings. The first kappa shape index (κ1) is 18.0. The SMILES string of the molecule is CC1CCNCC1NC(=O)CCCc1ccc(Br)s1.Cl. The minimum absolute atomic E-state index is 0. The highest BCUT2D eigenvalue weighted by atomic mass is 79.9. The van der Waals surface area contributed by atoms with Crippen LogP contribution in [0.4, 0.5) is 0 Å². The number of thiophene rings is 1. The molecule has 1 aliphatic heterocycles. The van der Waals surface area contributed by atoms with Crippen molar-refractivity contribution in [3.63, 3.8) is 0 Å². The van der Waals surface area contributed by atoms with Gasteiger partial charge in [0.2, 0.25) is 5.91 Å². The monoisotopic (exact) mass is 380 g/mol. The van der Waals surface area contributed by atoms with E-state index in [1.54, 1.807) is 11.3 Å². The van der Waals surface area contributed by atoms with Crippen LogP contribution in [0, 0.1) is 5.92 Å². The third kappa shape index (κ3) is 5.72. The Labute approximate surface area is 139 Å². The number of amides is 1. The Morgan fingerprint density at radius 2 is 2.35 bits per heavy atom. The molecule has 0 radical (unpaired) electrons. The van der Waals surface area contributed by atoms with Gasteiger partial charge in [-0.25, -0.2) is 0 Å². The second-order valence-electron chi connectivity index (χ2n) is 5.20. The summed E-state index contributed by atoms with van der Waals surface area (Å²) >= 11 is 5.21. The molecule has 2 rings (SSSR count). The van der Waals surface area contributed by atoms with Gasteiger partial charge in [-0.1, -0.05) is 6.92 Å². The minimum Gasteiger partial charge on any atom is -0.352 e. The summed E-state index contributed by atoms with van der Waals surface area (Å²) in [5.41, 5.74) is 0. The van der Waals surface area contributed by atoms with Gasteiger partial charge in [-0.05, 0) is 59.8 Å². The lowest BCUT2D eigenvalue weighted by atomic mass is 9.94. The minimum atomic E-state index is 0. The van der Waals surface area contributed by atoms with Gasteiger partial charge in [0, 0.05) is 23.9 Å². The fraction of sp³-hybridized carbons (Fsp3) is 0.643. The second kappa shape index (κ2) is 9.03. The molecule has 1 saturated heterocycles. The highest BCUT2D eigenvalue weighted by molar-refractivity contribution is 9.11. The van der Waals surface area contributed by atoms with Crippen LogP contribution >= 0.6 is 39.7 Å². The van der Waals surface area contributed by atoms with Crippen molar-refractivity contribution < 1.29 is 4.79 Å². The van der Waals surface area contributed by atoms with Gasteiger partial charge in [0.05, 0.1) is 3.79 Å². The van der Waals surface area contributed by atoms with Gasteiger partial charge in [0.15, 0.2) is 0 Å². The molecule has 114 valence electrons. The molecule has 1 fully saturated rings. The summed E-state index contributed by atoms with van der Waals surface area (Å²) in [6, 6.07) is 4.49. The number of rotatable bonds is 5. The highest BCUT2D eigenvalue weighted by Gasteiger charge is 2.22. The molecule has 20 heavy (non-hydrogen) atoms. The molecule has 2 heterocycles. The van der Waals surface area contributed by atoms with Crippen LogP contribution in [0.5, 0.6) is 0 Å². The van der Waals surface area contributed by atoms with E-state index in [2.05, 4.69) is 45.6 Å². The largest absolute Gasteiger partial charge is 0.352 e. The van der Waals surface area contributed by atoms with E-state index in [1.165, 1.54) is 4.88 Å². The molecule has 0 aliphatic carbocycles. The van der Waals surface area contributed by atoms with Gasteiger partial charge in [0.1, 0.15) is 0 Å². The number of aryl methyl sites for hydroxylation is 1. The molecule has 6 heteroatoms. The van der Waals surface area contributed by atoms with E-state index in [0.29, 0.717) is 18.4 Å². The number of hydrogen-bond donors (Lipinski definition) is 2. The van der Waals surface area contributed by atoms with E-state index in [4.69, 9.17) is 0 Å². The standard InChI is InChI=1S/C14H21BrN2OS.ClH/c1-10-7-8-16-9-12(10)17-14(18)4-2-3-11-5-6-13(15)19-11;/h5-6,10,12,16H,2-4,7-9H2,1H3,(H,17,18);1H. The zero-order chi connectivity index (χ0) is 13.7. The Hall–Kier alpha value is -0.100. The molecule has 0 aromatic carbocycles. The van der Waals surface area contributed by atoms with E-state index >= 15 is 0 Å². The van der Waals surface area contributed by atoms with Crippen molar-refractivity contribution in [3.05, 3.63) is 20.8 Å². The van der Waals surface area contributed by atoms with Crippen LogP contribution in [0.1, 0.15) is 31.1 Å². The Morgan fingerprint density at radius 1 is 1.55 bits per heavy atom. The van der Waals surface area contributed by atoms with Crippen molar-refractivity contribution >= 4 is 45.6 Å². The molecule has 1 amide bonds. The van der Waals surface area contributed by atoms with Crippen molar-refractivity contribution in [1.82, 2.24) is 10.6 Å². The van der Waals surface area contributed by atoms with Gasteiger partial charge < -0.3 is 10.6 Å². The number of hydrogen-bond acceptors (Lipinski definition) is 3. The summed E-state index contributed by atoms with van der Waals surface area (Å²) in [6.45, 7) is 4.19. The average Bonchev–Trinajstić information content (AvgIpc) is 2.78. The molecule has 1 aromatic heterocycles. The van der Waals surface area contributed by atoms with E-state index in [1.807, 2.05) is 0 Å². The average molecular weight is 382 g/mol. The maximum atomic E-state index is 11.9. The topological polar surface area (TPSA) is 41.1 Å². The van der Waals surface area contributed by atoms with Crippen molar-refractivity contribution in [1.29, 1.82) is 0 Å². The highest BCUT2D eigenvalue weighted by Crippen LogP contribution is 2.23. The molecule has 2 N–H and O–H groups in total. The molecular formula is C14H22BrClN2OS. The molecule has 0 spiro atoms. The number of carbonyl (C=O) groups excluding carboxylic acids is 1. The Bertz CT molecular complexity index is 427. The first-order valence-electron chi connectivity index (χ1n) is 6.89. The molecule has 2 atom stereocenters. The van der Waals surface area contributed by atoms with Gasteiger partial charge in [0.25, 0.3) is 0 Å². The van der Waals surface area contributed by atoms with Crippen LogP contribution in [0.25, 0.3) is 0 Å². The quantitative estimate of drug-likeness (QED) is 0.821. The second-order valence-corrected chi connectivity index (χ2v) is 7.75. The Kier molecular flexibility index (Phi) is 8.10. The van der Waals surface area contributed by atoms with E-state index in [-0.39, 0.29) is 18.3 Å². The summed E-state index contributed by atoms with van der Waals surface area (Å²) in [4.78, 5) is 13.2. The van der Waals surface area contributed by atoms with Crippen molar-refractivity contribution in [2.24, 2.45) is 5.92 Å². The first-order chi connectivity index (χ1) is 9.15. The van der Waals surface area contributed by atoms with E-state index in [9.17, 15) is 4.79 Å². The molecule has 3 nitrogen and oxygen atoms in total. The summed E-state index contributed by atoms with van der Waals surface area (Å²) < 4.78 is 1.16. The van der Waals surface area contributed by atoms with Gasteiger partial charge in [-0.3, -0.25) is 4.79 Å². The zero-order valence-corrected chi connectivity index (χ0v) is 14.9. The number of nitrogens with one attached hydrogen (secondary N) is 2. The van der Waals surface area contributed by atoms with Crippen molar-refractivity contribution in [2.45, 2.75) is 38.6 Å². The molecule has 2 unspecified atom stereocenters. The number of piperidine rings is 1. The van der Waals surface area contributed by atoms with Crippen LogP contribution in [-0.2, 0) is 11.2 Å². The first-order valence-corrected chi connectivity index (χ1v) is 8.50. The molecule has 1 aromatic rings. The number of carbonyl (C=O) groups is 1. The lowest BCUT2D eigenvalue weighted by molar-refractivity contribution is -0.122. The zero-order valence-electron chi connectivity index (χ0n) is 11.7. The lowest BCUT2D eigenvalue weighted by Crippen LogP contribution is -2.50. The van der Waals surface area contributed by atoms with Crippen LogP contribution in [0.2, 0.25) is 0 Å². The smallest absolute Gasteiger partial charge is 0.220 e. The Balaban J connectivity index is 0.00000200. The predicted octanol–water partition coefficient (Wildman–Crippen LogP) is 3.37. The third-order valence-corrected chi connectivity index (χ3v) is 5.31. The summed E-state index contributed by atoms with van der Waals surface area (Å²) in [5, 5.41) is 6.49. The van der Waals surface area contributed by atoms with Gasteiger partial charge in [-0.2, -0.15) is 0 Å². The third-order valence-electron chi connectivity index (χ3n) is 3.63. The fourth-order valence-electron chi connectivity index (χ4n) is 2.37. The van der Waals surface area contributed by atoms with E-state index < -0.39 is 0 Å². The van der Waals surface area contributed by atoms with Crippen molar-refractivity contribution in [2.75, 3.05) is 13.1 Å². The summed E-state index contributed by atoms with van der Waals surface area (Å²) in [5.74, 6) is 0.773. The predicted molar refractivity (Wildman–Crippen MR) is 90.8 cm³/mol. The molecular weight excluding hydrogens is 360 g/mol. The van der Waals surface area contributed by atoms with Gasteiger partial charge in [-0.15, -0.1) is 23.7 Å². The van der Waals surface area contributed by atoms with E-state index in [0.717, 1.165) is 36.1 Å². The van der Waals surface area contributed by atoms with Crippen LogP contribution < -0.4 is 10.6 Å². The summed E-state index contributed by atoms with van der Waals surface area (Å²) in [6.07, 6.45) is 3.68. The van der Waals surface area contributed by atoms with Crippen LogP contribution in [0.3, 0.4) is 0 Å². The fourth-order valence-corrected chi connectivity index (χ4v) is 3.90. The maximum absolute atomic E-state index is 11.9. The van der Waals surface area contributed by atoms with Gasteiger partial charge >= 0.3 is 0 Å². The normalized spacial score (nSPS) is 22.1. The maximum Gasteiger partial charge on any atom is 0.220 e. The Morgan fingerprint density at radius 3 is 3.00 bits per heavy atom. The lowest BCUT2D eigenvalue weighted by Gasteiger charge is -2.30.